The lowest BCUT2D eigenvalue weighted by atomic mass is 10.3. The van der Waals surface area contributed by atoms with Crippen LogP contribution < -0.4 is 9.47 Å². The predicted molar refractivity (Wildman–Crippen MR) is 155 cm³/mol. The summed E-state index contributed by atoms with van der Waals surface area (Å²) in [4.78, 5) is 4.75. The number of nitrogens with zero attached hydrogens (tertiary/aromatic N) is 2. The second kappa shape index (κ2) is 17.5. The largest absolute Gasteiger partial charge is 0.491 e. The summed E-state index contributed by atoms with van der Waals surface area (Å²) in [6.07, 6.45) is 2.86. The third-order valence-electron chi connectivity index (χ3n) is 6.25. The van der Waals surface area contributed by atoms with E-state index in [1.807, 2.05) is 0 Å². The Labute approximate surface area is 235 Å². The van der Waals surface area contributed by atoms with Crippen LogP contribution in [0, 0.1) is 0 Å². The molecule has 0 aromatic heterocycles. The molecule has 2 atom stereocenters. The predicted octanol–water partition coefficient (Wildman–Crippen LogP) is 4.24. The van der Waals surface area contributed by atoms with Crippen LogP contribution in [-0.2, 0) is 9.84 Å². The van der Waals surface area contributed by atoms with Crippen molar-refractivity contribution in [3.63, 3.8) is 0 Å². The molecule has 220 valence electrons. The highest BCUT2D eigenvalue weighted by molar-refractivity contribution is 7.91. The molecule has 2 rings (SSSR count). The summed E-state index contributed by atoms with van der Waals surface area (Å²) in [5.74, 6) is 1.01. The minimum absolute atomic E-state index is 0.140. The number of hydrogen-bond acceptors (Lipinski definition) is 8. The van der Waals surface area contributed by atoms with Gasteiger partial charge in [0.05, 0.1) is 9.79 Å². The van der Waals surface area contributed by atoms with Crippen LogP contribution in [0.3, 0.4) is 0 Å². The fourth-order valence-electron chi connectivity index (χ4n) is 4.51. The van der Waals surface area contributed by atoms with Gasteiger partial charge in [0.2, 0.25) is 9.84 Å². The first-order valence-corrected chi connectivity index (χ1v) is 15.7. The molecule has 2 N–H and O–H groups in total. The van der Waals surface area contributed by atoms with Gasteiger partial charge in [0.15, 0.2) is 0 Å². The molecule has 0 unspecified atom stereocenters. The molecule has 0 heterocycles. The fraction of sp³-hybridized carbons (Fsp3) is 0.600. The van der Waals surface area contributed by atoms with Crippen molar-refractivity contribution < 1.29 is 28.1 Å². The maximum Gasteiger partial charge on any atom is 0.206 e. The molecule has 0 amide bonds. The van der Waals surface area contributed by atoms with Gasteiger partial charge in [-0.1, -0.05) is 27.7 Å². The van der Waals surface area contributed by atoms with Crippen molar-refractivity contribution >= 4 is 9.84 Å². The van der Waals surface area contributed by atoms with E-state index >= 15 is 0 Å². The number of aliphatic hydroxyl groups is 2. The minimum atomic E-state index is -3.72. The fourth-order valence-corrected chi connectivity index (χ4v) is 5.77. The Hall–Kier alpha value is -2.17. The molecule has 0 spiro atoms. The van der Waals surface area contributed by atoms with Crippen molar-refractivity contribution in [3.8, 4) is 11.5 Å². The highest BCUT2D eigenvalue weighted by Crippen LogP contribution is 2.25. The first-order chi connectivity index (χ1) is 18.7. The van der Waals surface area contributed by atoms with Gasteiger partial charge in [0.1, 0.15) is 36.9 Å². The third-order valence-corrected chi connectivity index (χ3v) is 8.04. The maximum absolute atomic E-state index is 13.1. The number of rotatable bonds is 20. The van der Waals surface area contributed by atoms with Gasteiger partial charge >= 0.3 is 0 Å². The van der Waals surface area contributed by atoms with Gasteiger partial charge in [-0.3, -0.25) is 0 Å². The maximum atomic E-state index is 13.1. The monoisotopic (exact) mass is 564 g/mol. The highest BCUT2D eigenvalue weighted by atomic mass is 32.2. The van der Waals surface area contributed by atoms with E-state index in [-0.39, 0.29) is 23.0 Å². The topological polar surface area (TPSA) is 99.5 Å². The van der Waals surface area contributed by atoms with Gasteiger partial charge in [0.25, 0.3) is 0 Å². The van der Waals surface area contributed by atoms with Gasteiger partial charge in [-0.25, -0.2) is 8.42 Å². The van der Waals surface area contributed by atoms with Crippen molar-refractivity contribution in [3.05, 3.63) is 48.5 Å². The summed E-state index contributed by atoms with van der Waals surface area (Å²) >= 11 is 0. The van der Waals surface area contributed by atoms with Crippen LogP contribution in [-0.4, -0.2) is 93.1 Å². The van der Waals surface area contributed by atoms with Crippen molar-refractivity contribution in [2.75, 3.05) is 52.5 Å². The molecule has 2 aromatic rings. The van der Waals surface area contributed by atoms with Gasteiger partial charge < -0.3 is 29.5 Å². The third kappa shape index (κ3) is 11.5. The molecular formula is C30H48N2O6S. The van der Waals surface area contributed by atoms with Gasteiger partial charge in [-0.2, -0.15) is 0 Å². The minimum Gasteiger partial charge on any atom is -0.491 e. The summed E-state index contributed by atoms with van der Waals surface area (Å²) < 4.78 is 37.6. The number of ether oxygens (including phenoxy) is 2. The van der Waals surface area contributed by atoms with Crippen molar-refractivity contribution in [1.82, 2.24) is 9.80 Å². The number of aliphatic hydroxyl groups excluding tert-OH is 2. The molecule has 2 aromatic carbocycles. The Morgan fingerprint density at radius 3 is 1.21 bits per heavy atom. The lowest BCUT2D eigenvalue weighted by Gasteiger charge is -2.24. The lowest BCUT2D eigenvalue weighted by molar-refractivity contribution is 0.0680. The van der Waals surface area contributed by atoms with Gasteiger partial charge in [-0.05, 0) is 100 Å². The summed E-state index contributed by atoms with van der Waals surface area (Å²) in [6, 6.07) is 12.5. The van der Waals surface area contributed by atoms with Gasteiger partial charge in [0, 0.05) is 13.1 Å². The van der Waals surface area contributed by atoms with Crippen LogP contribution in [0.5, 0.6) is 11.5 Å². The highest BCUT2D eigenvalue weighted by Gasteiger charge is 2.19. The molecule has 0 aliphatic heterocycles. The average molecular weight is 565 g/mol. The van der Waals surface area contributed by atoms with Crippen molar-refractivity contribution in [2.24, 2.45) is 0 Å². The molecule has 9 heteroatoms. The number of hydrogen-bond donors (Lipinski definition) is 2. The van der Waals surface area contributed by atoms with Crippen molar-refractivity contribution in [2.45, 2.75) is 75.4 Å². The van der Waals surface area contributed by atoms with E-state index in [0.29, 0.717) is 24.6 Å². The Balaban J connectivity index is 1.90. The van der Waals surface area contributed by atoms with E-state index in [1.54, 1.807) is 24.3 Å². The van der Waals surface area contributed by atoms with E-state index < -0.39 is 22.0 Å². The van der Waals surface area contributed by atoms with Crippen LogP contribution in [0.1, 0.15) is 53.4 Å². The van der Waals surface area contributed by atoms with E-state index in [2.05, 4.69) is 37.5 Å². The van der Waals surface area contributed by atoms with Crippen LogP contribution in [0.25, 0.3) is 0 Å². The molecule has 0 aliphatic rings. The molecule has 0 fully saturated rings. The van der Waals surface area contributed by atoms with Crippen molar-refractivity contribution in [1.29, 1.82) is 0 Å². The Kier molecular flexibility index (Phi) is 14.8. The quantitative estimate of drug-likeness (QED) is 0.246. The smallest absolute Gasteiger partial charge is 0.206 e. The zero-order chi connectivity index (χ0) is 28.7. The summed E-state index contributed by atoms with van der Waals surface area (Å²) in [5, 5.41) is 20.7. The van der Waals surface area contributed by atoms with Crippen LogP contribution >= 0.6 is 0 Å². The molecule has 39 heavy (non-hydrogen) atoms. The average Bonchev–Trinajstić information content (AvgIpc) is 2.92. The second-order valence-corrected chi connectivity index (χ2v) is 11.9. The first kappa shape index (κ1) is 33.0. The normalized spacial score (nSPS) is 13.5. The Morgan fingerprint density at radius 1 is 0.615 bits per heavy atom. The molecule has 8 nitrogen and oxygen atoms in total. The Morgan fingerprint density at radius 2 is 0.923 bits per heavy atom. The van der Waals surface area contributed by atoms with E-state index in [4.69, 9.17) is 9.47 Å². The zero-order valence-electron chi connectivity index (χ0n) is 24.1. The molecule has 0 saturated carbocycles. The molecule has 0 radical (unpaired) electrons. The molecule has 0 bridgehead atoms. The van der Waals surface area contributed by atoms with Gasteiger partial charge in [-0.15, -0.1) is 0 Å². The second-order valence-electron chi connectivity index (χ2n) is 9.98. The van der Waals surface area contributed by atoms with E-state index in [0.717, 1.165) is 51.9 Å². The van der Waals surface area contributed by atoms with E-state index in [9.17, 15) is 18.6 Å². The molecular weight excluding hydrogens is 516 g/mol. The first-order valence-electron chi connectivity index (χ1n) is 14.2. The molecule has 0 aliphatic carbocycles. The summed E-state index contributed by atoms with van der Waals surface area (Å²) in [7, 11) is -3.72. The van der Waals surface area contributed by atoms with Crippen LogP contribution in [0.4, 0.5) is 0 Å². The standard InChI is InChI=1S/C30H48N2O6S/c1-5-17-31(18-6-2)21-25(33)23-37-27-9-13-29(14-10-27)39(35,36)30-15-11-28(12-16-30)38-24-26(34)22-32(19-7-3)20-8-4/h9-16,25-26,33-34H,5-8,17-24H2,1-4H3/t25-,26-/m0/s1. The Bertz CT molecular complexity index is 941. The number of sulfone groups is 1. The molecule has 0 saturated heterocycles. The SMILES string of the molecule is CCCN(CCC)C[C@H](O)COc1ccc(S(=O)(=O)c2ccc(OC[C@@H](O)CN(CCC)CCC)cc2)cc1. The summed E-state index contributed by atoms with van der Waals surface area (Å²) in [5.41, 5.74) is 0. The van der Waals surface area contributed by atoms with Crippen LogP contribution in [0.2, 0.25) is 0 Å². The zero-order valence-corrected chi connectivity index (χ0v) is 24.9. The van der Waals surface area contributed by atoms with Crippen LogP contribution in [0.15, 0.2) is 58.3 Å². The van der Waals surface area contributed by atoms with E-state index in [1.165, 1.54) is 24.3 Å². The summed E-state index contributed by atoms with van der Waals surface area (Å²) in [6.45, 7) is 13.6. The lowest BCUT2D eigenvalue weighted by Crippen LogP contribution is -2.36. The number of benzene rings is 2.